The van der Waals surface area contributed by atoms with Gasteiger partial charge in [0.05, 0.1) is 10.5 Å². The summed E-state index contributed by atoms with van der Waals surface area (Å²) < 4.78 is 6.88. The number of fused-ring (bicyclic) bond motifs is 1. The summed E-state index contributed by atoms with van der Waals surface area (Å²) >= 11 is 3.51. The maximum atomic E-state index is 5.91. The van der Waals surface area contributed by atoms with Crippen molar-refractivity contribution in [3.63, 3.8) is 0 Å². The van der Waals surface area contributed by atoms with Gasteiger partial charge < -0.3 is 9.73 Å². The third-order valence-electron chi connectivity index (χ3n) is 3.77. The molecule has 1 aromatic heterocycles. The molecule has 1 aliphatic heterocycles. The molecule has 2 aromatic rings. The number of nitrogens with one attached hydrogen (secondary N) is 1. The zero-order valence-corrected chi connectivity index (χ0v) is 12.0. The lowest BCUT2D eigenvalue weighted by Gasteiger charge is -2.27. The smallest absolute Gasteiger partial charge is 0.212 e. The quantitative estimate of drug-likeness (QED) is 0.910. The van der Waals surface area contributed by atoms with Crippen molar-refractivity contribution in [1.29, 1.82) is 0 Å². The van der Waals surface area contributed by atoms with Gasteiger partial charge in [0.1, 0.15) is 5.52 Å². The molecule has 96 valence electrons. The van der Waals surface area contributed by atoms with Crippen molar-refractivity contribution in [2.24, 2.45) is 5.92 Å². The van der Waals surface area contributed by atoms with Gasteiger partial charge in [-0.2, -0.15) is 0 Å². The Kier molecular flexibility index (Phi) is 3.39. The topological polar surface area (TPSA) is 38.1 Å². The number of para-hydroxylation sites is 1. The molecular formula is C14H17BrN2O. The van der Waals surface area contributed by atoms with Crippen LogP contribution in [0, 0.1) is 5.92 Å². The summed E-state index contributed by atoms with van der Waals surface area (Å²) in [7, 11) is 0. The van der Waals surface area contributed by atoms with Gasteiger partial charge in [-0.1, -0.05) is 19.4 Å². The summed E-state index contributed by atoms with van der Waals surface area (Å²) in [4.78, 5) is 4.61. The van der Waals surface area contributed by atoms with Crippen LogP contribution in [0.1, 0.15) is 38.1 Å². The minimum Gasteiger partial charge on any atom is -0.438 e. The average molecular weight is 309 g/mol. The second-order valence-electron chi connectivity index (χ2n) is 4.95. The van der Waals surface area contributed by atoms with Crippen molar-refractivity contribution in [2.75, 3.05) is 6.54 Å². The first-order chi connectivity index (χ1) is 8.78. The number of hydrogen-bond acceptors (Lipinski definition) is 3. The van der Waals surface area contributed by atoms with Crippen molar-refractivity contribution in [2.45, 2.75) is 32.2 Å². The third-order valence-corrected chi connectivity index (χ3v) is 4.40. The molecule has 1 aromatic carbocycles. The first kappa shape index (κ1) is 12.2. The Morgan fingerprint density at radius 1 is 1.50 bits per heavy atom. The standard InChI is InChI=1S/C14H17BrN2O/c1-2-9-6-7-16-12(8-9)14-17-11-5-3-4-10(15)13(11)18-14/h3-5,9,12,16H,2,6-8H2,1H3. The maximum Gasteiger partial charge on any atom is 0.212 e. The fourth-order valence-corrected chi connectivity index (χ4v) is 3.07. The van der Waals surface area contributed by atoms with E-state index in [0.29, 0.717) is 0 Å². The average Bonchev–Trinajstić information content (AvgIpc) is 2.84. The molecule has 18 heavy (non-hydrogen) atoms. The van der Waals surface area contributed by atoms with Gasteiger partial charge in [0.2, 0.25) is 5.89 Å². The lowest BCUT2D eigenvalue weighted by molar-refractivity contribution is 0.267. The molecule has 0 spiro atoms. The van der Waals surface area contributed by atoms with Crippen LogP contribution in [0.15, 0.2) is 27.1 Å². The summed E-state index contributed by atoms with van der Waals surface area (Å²) in [5.74, 6) is 1.62. The van der Waals surface area contributed by atoms with Crippen LogP contribution in [0.3, 0.4) is 0 Å². The molecule has 2 atom stereocenters. The van der Waals surface area contributed by atoms with Crippen LogP contribution in [0.5, 0.6) is 0 Å². The van der Waals surface area contributed by atoms with Crippen molar-refractivity contribution in [3.05, 3.63) is 28.6 Å². The number of aromatic nitrogens is 1. The van der Waals surface area contributed by atoms with Gasteiger partial charge in [0.25, 0.3) is 0 Å². The highest BCUT2D eigenvalue weighted by atomic mass is 79.9. The predicted molar refractivity (Wildman–Crippen MR) is 75.5 cm³/mol. The highest BCUT2D eigenvalue weighted by Gasteiger charge is 2.25. The van der Waals surface area contributed by atoms with E-state index in [1.54, 1.807) is 0 Å². The molecule has 0 radical (unpaired) electrons. The van der Waals surface area contributed by atoms with E-state index in [4.69, 9.17) is 4.42 Å². The van der Waals surface area contributed by atoms with Crippen LogP contribution in [-0.4, -0.2) is 11.5 Å². The van der Waals surface area contributed by atoms with Crippen LogP contribution in [0.25, 0.3) is 11.1 Å². The zero-order valence-electron chi connectivity index (χ0n) is 10.4. The van der Waals surface area contributed by atoms with Gasteiger partial charge in [-0.05, 0) is 53.4 Å². The Morgan fingerprint density at radius 3 is 3.17 bits per heavy atom. The monoisotopic (exact) mass is 308 g/mol. The molecule has 1 aliphatic rings. The highest BCUT2D eigenvalue weighted by Crippen LogP contribution is 2.32. The minimum absolute atomic E-state index is 0.267. The maximum absolute atomic E-state index is 5.91. The molecule has 0 saturated carbocycles. The van der Waals surface area contributed by atoms with E-state index in [1.165, 1.54) is 12.8 Å². The molecule has 2 heterocycles. The summed E-state index contributed by atoms with van der Waals surface area (Å²) in [5.41, 5.74) is 1.78. The molecule has 2 unspecified atom stereocenters. The van der Waals surface area contributed by atoms with E-state index < -0.39 is 0 Å². The Balaban J connectivity index is 1.92. The molecule has 0 aliphatic carbocycles. The normalized spacial score (nSPS) is 24.6. The molecule has 3 rings (SSSR count). The van der Waals surface area contributed by atoms with Gasteiger partial charge in [-0.15, -0.1) is 0 Å². The van der Waals surface area contributed by atoms with Crippen molar-refractivity contribution in [1.82, 2.24) is 10.3 Å². The third kappa shape index (κ3) is 2.19. The van der Waals surface area contributed by atoms with E-state index in [0.717, 1.165) is 40.3 Å². The first-order valence-corrected chi connectivity index (χ1v) is 7.35. The van der Waals surface area contributed by atoms with E-state index >= 15 is 0 Å². The zero-order chi connectivity index (χ0) is 12.5. The molecule has 0 amide bonds. The Bertz CT molecular complexity index is 552. The number of halogens is 1. The molecule has 1 N–H and O–H groups in total. The first-order valence-electron chi connectivity index (χ1n) is 6.56. The van der Waals surface area contributed by atoms with Crippen molar-refractivity contribution < 1.29 is 4.42 Å². The molecule has 0 bridgehead atoms. The van der Waals surface area contributed by atoms with Crippen LogP contribution >= 0.6 is 15.9 Å². The fraction of sp³-hybridized carbons (Fsp3) is 0.500. The Morgan fingerprint density at radius 2 is 2.39 bits per heavy atom. The van der Waals surface area contributed by atoms with E-state index in [2.05, 4.69) is 33.2 Å². The second kappa shape index (κ2) is 5.02. The molecule has 4 heteroatoms. The summed E-state index contributed by atoms with van der Waals surface area (Å²) in [6.07, 6.45) is 3.62. The van der Waals surface area contributed by atoms with Crippen LogP contribution in [0.2, 0.25) is 0 Å². The summed E-state index contributed by atoms with van der Waals surface area (Å²) in [6.45, 7) is 3.32. The van der Waals surface area contributed by atoms with E-state index in [9.17, 15) is 0 Å². The van der Waals surface area contributed by atoms with Gasteiger partial charge in [0.15, 0.2) is 5.58 Å². The van der Waals surface area contributed by atoms with Crippen LogP contribution in [0.4, 0.5) is 0 Å². The van der Waals surface area contributed by atoms with Crippen LogP contribution < -0.4 is 5.32 Å². The van der Waals surface area contributed by atoms with Crippen molar-refractivity contribution >= 4 is 27.0 Å². The minimum atomic E-state index is 0.267. The Labute approximate surface area is 115 Å². The molecule has 3 nitrogen and oxygen atoms in total. The van der Waals surface area contributed by atoms with Gasteiger partial charge in [-0.3, -0.25) is 0 Å². The van der Waals surface area contributed by atoms with Gasteiger partial charge in [-0.25, -0.2) is 4.98 Å². The van der Waals surface area contributed by atoms with Gasteiger partial charge in [0, 0.05) is 0 Å². The highest BCUT2D eigenvalue weighted by molar-refractivity contribution is 9.10. The number of hydrogen-bond donors (Lipinski definition) is 1. The lowest BCUT2D eigenvalue weighted by Crippen LogP contribution is -2.31. The summed E-state index contributed by atoms with van der Waals surface area (Å²) in [5, 5.41) is 3.51. The fourth-order valence-electron chi connectivity index (χ4n) is 2.64. The second-order valence-corrected chi connectivity index (χ2v) is 5.80. The molecule has 1 fully saturated rings. The number of piperidine rings is 1. The largest absolute Gasteiger partial charge is 0.438 e. The number of rotatable bonds is 2. The number of oxazole rings is 1. The van der Waals surface area contributed by atoms with Crippen LogP contribution in [-0.2, 0) is 0 Å². The van der Waals surface area contributed by atoms with E-state index in [-0.39, 0.29) is 6.04 Å². The molecular weight excluding hydrogens is 292 g/mol. The number of nitrogens with zero attached hydrogens (tertiary/aromatic N) is 1. The lowest BCUT2D eigenvalue weighted by atomic mass is 9.90. The van der Waals surface area contributed by atoms with Gasteiger partial charge >= 0.3 is 0 Å². The van der Waals surface area contributed by atoms with Crippen molar-refractivity contribution in [3.8, 4) is 0 Å². The Hall–Kier alpha value is -0.870. The summed E-state index contributed by atoms with van der Waals surface area (Å²) in [6, 6.07) is 6.23. The molecule has 1 saturated heterocycles. The predicted octanol–water partition coefficient (Wildman–Crippen LogP) is 4.04. The van der Waals surface area contributed by atoms with E-state index in [1.807, 2.05) is 18.2 Å². The SMILES string of the molecule is CCC1CCNC(c2nc3cccc(Br)c3o2)C1. The number of benzene rings is 1.